The molecule has 1 rings (SSSR count). The molecule has 0 saturated carbocycles. The van der Waals surface area contributed by atoms with Crippen molar-refractivity contribution < 1.29 is 0 Å². The Bertz CT molecular complexity index is 286. The van der Waals surface area contributed by atoms with E-state index in [1.165, 1.54) is 11.1 Å². The summed E-state index contributed by atoms with van der Waals surface area (Å²) in [7, 11) is 0. The Morgan fingerprint density at radius 3 is 2.87 bits per heavy atom. The zero-order valence-electron chi connectivity index (χ0n) is 9.59. The summed E-state index contributed by atoms with van der Waals surface area (Å²) in [6.45, 7) is 6.35. The molecule has 0 spiro atoms. The van der Waals surface area contributed by atoms with Crippen LogP contribution in [0.5, 0.6) is 0 Å². The van der Waals surface area contributed by atoms with Crippen LogP contribution in [0.1, 0.15) is 24.5 Å². The summed E-state index contributed by atoms with van der Waals surface area (Å²) in [6, 6.07) is 8.61. The van der Waals surface area contributed by atoms with Crippen LogP contribution in [0.2, 0.25) is 0 Å². The van der Waals surface area contributed by atoms with Crippen molar-refractivity contribution in [2.24, 2.45) is 5.92 Å². The topological polar surface area (TPSA) is 12.0 Å². The number of alkyl halides is 1. The van der Waals surface area contributed by atoms with Crippen molar-refractivity contribution in [2.45, 2.75) is 26.8 Å². The van der Waals surface area contributed by atoms with E-state index < -0.39 is 0 Å². The monoisotopic (exact) mass is 225 g/mol. The maximum atomic E-state index is 5.69. The Hall–Kier alpha value is -0.530. The smallest absolute Gasteiger partial charge is 0.0226 e. The average Bonchev–Trinajstić information content (AvgIpc) is 2.18. The highest BCUT2D eigenvalue weighted by molar-refractivity contribution is 6.17. The van der Waals surface area contributed by atoms with E-state index in [0.29, 0.717) is 5.92 Å². The molecular weight excluding hydrogens is 206 g/mol. The van der Waals surface area contributed by atoms with E-state index in [9.17, 15) is 0 Å². The zero-order valence-corrected chi connectivity index (χ0v) is 10.3. The Morgan fingerprint density at radius 2 is 2.20 bits per heavy atom. The van der Waals surface area contributed by atoms with Gasteiger partial charge in [0.1, 0.15) is 0 Å². The van der Waals surface area contributed by atoms with E-state index in [1.807, 2.05) is 0 Å². The molecule has 1 atom stereocenters. The summed E-state index contributed by atoms with van der Waals surface area (Å²) in [5, 5.41) is 3.45. The van der Waals surface area contributed by atoms with Crippen LogP contribution in [0.25, 0.3) is 0 Å². The summed E-state index contributed by atoms with van der Waals surface area (Å²) in [5.74, 6) is 1.42. The van der Waals surface area contributed by atoms with Gasteiger partial charge < -0.3 is 5.32 Å². The van der Waals surface area contributed by atoms with E-state index in [4.69, 9.17) is 11.6 Å². The molecule has 0 radical (unpaired) electrons. The molecule has 0 fully saturated rings. The van der Waals surface area contributed by atoms with Crippen LogP contribution in [-0.2, 0) is 6.54 Å². The fourth-order valence-corrected chi connectivity index (χ4v) is 1.95. The molecule has 1 aromatic carbocycles. The van der Waals surface area contributed by atoms with Crippen LogP contribution in [0.3, 0.4) is 0 Å². The van der Waals surface area contributed by atoms with Gasteiger partial charge in [0.15, 0.2) is 0 Å². The van der Waals surface area contributed by atoms with E-state index >= 15 is 0 Å². The largest absolute Gasteiger partial charge is 0.312 e. The van der Waals surface area contributed by atoms with Gasteiger partial charge in [0.25, 0.3) is 0 Å². The lowest BCUT2D eigenvalue weighted by Crippen LogP contribution is -2.21. The Morgan fingerprint density at radius 1 is 1.40 bits per heavy atom. The van der Waals surface area contributed by atoms with Gasteiger partial charge in [-0.3, -0.25) is 0 Å². The molecule has 1 nitrogen and oxygen atoms in total. The molecule has 0 aromatic heterocycles. The molecule has 1 unspecified atom stereocenters. The molecule has 0 aliphatic heterocycles. The normalized spacial score (nSPS) is 12.7. The zero-order chi connectivity index (χ0) is 11.1. The van der Waals surface area contributed by atoms with Crippen molar-refractivity contribution in [3.05, 3.63) is 35.4 Å². The maximum absolute atomic E-state index is 5.69. The fraction of sp³-hybridized carbons (Fsp3) is 0.538. The second-order valence-electron chi connectivity index (χ2n) is 4.20. The SMILES string of the molecule is Cc1cccc(CNCC(C)CCCl)c1. The predicted molar refractivity (Wildman–Crippen MR) is 67.4 cm³/mol. The quantitative estimate of drug-likeness (QED) is 0.733. The van der Waals surface area contributed by atoms with Gasteiger partial charge in [0.05, 0.1) is 0 Å². The van der Waals surface area contributed by atoms with Gasteiger partial charge in [0, 0.05) is 12.4 Å². The van der Waals surface area contributed by atoms with Gasteiger partial charge in [-0.1, -0.05) is 36.8 Å². The van der Waals surface area contributed by atoms with Gasteiger partial charge in [0.2, 0.25) is 0 Å². The van der Waals surface area contributed by atoms with Gasteiger partial charge in [-0.2, -0.15) is 0 Å². The van der Waals surface area contributed by atoms with Crippen LogP contribution < -0.4 is 5.32 Å². The molecule has 2 heteroatoms. The molecule has 1 N–H and O–H groups in total. The van der Waals surface area contributed by atoms with Crippen molar-refractivity contribution >= 4 is 11.6 Å². The Labute approximate surface area is 97.8 Å². The highest BCUT2D eigenvalue weighted by atomic mass is 35.5. The molecule has 0 amide bonds. The average molecular weight is 226 g/mol. The van der Waals surface area contributed by atoms with E-state index in [2.05, 4.69) is 43.4 Å². The number of aryl methyl sites for hydroxylation is 1. The second-order valence-corrected chi connectivity index (χ2v) is 4.58. The molecule has 15 heavy (non-hydrogen) atoms. The standard InChI is InChI=1S/C13H20ClN/c1-11-4-3-5-13(8-11)10-15-9-12(2)6-7-14/h3-5,8,12,15H,6-7,9-10H2,1-2H3. The highest BCUT2D eigenvalue weighted by Gasteiger charge is 2.00. The number of hydrogen-bond donors (Lipinski definition) is 1. The van der Waals surface area contributed by atoms with Crippen LogP contribution in [0.4, 0.5) is 0 Å². The number of nitrogens with one attached hydrogen (secondary N) is 1. The molecule has 1 aromatic rings. The van der Waals surface area contributed by atoms with E-state index in [0.717, 1.165) is 25.4 Å². The molecule has 0 aliphatic carbocycles. The third-order valence-corrected chi connectivity index (χ3v) is 2.72. The van der Waals surface area contributed by atoms with Crippen LogP contribution >= 0.6 is 11.6 Å². The highest BCUT2D eigenvalue weighted by Crippen LogP contribution is 2.05. The second kappa shape index (κ2) is 6.86. The van der Waals surface area contributed by atoms with E-state index in [1.54, 1.807) is 0 Å². The minimum atomic E-state index is 0.660. The molecule has 0 heterocycles. The number of rotatable bonds is 6. The van der Waals surface area contributed by atoms with Gasteiger partial charge in [-0.15, -0.1) is 11.6 Å². The first kappa shape index (κ1) is 12.5. The maximum Gasteiger partial charge on any atom is 0.0226 e. The number of benzene rings is 1. The third kappa shape index (κ3) is 5.19. The lowest BCUT2D eigenvalue weighted by molar-refractivity contribution is 0.502. The molecule has 84 valence electrons. The van der Waals surface area contributed by atoms with Gasteiger partial charge in [-0.05, 0) is 31.4 Å². The minimum Gasteiger partial charge on any atom is -0.312 e. The first-order valence-corrected chi connectivity index (χ1v) is 6.08. The van der Waals surface area contributed by atoms with Crippen LogP contribution in [0.15, 0.2) is 24.3 Å². The molecule has 0 aliphatic rings. The molecular formula is C13H20ClN. The first-order valence-electron chi connectivity index (χ1n) is 5.54. The van der Waals surface area contributed by atoms with Crippen molar-refractivity contribution in [1.29, 1.82) is 0 Å². The lowest BCUT2D eigenvalue weighted by atomic mass is 10.1. The van der Waals surface area contributed by atoms with Crippen LogP contribution in [0, 0.1) is 12.8 Å². The summed E-state index contributed by atoms with van der Waals surface area (Å²) in [5.41, 5.74) is 2.68. The minimum absolute atomic E-state index is 0.660. The summed E-state index contributed by atoms with van der Waals surface area (Å²) in [6.07, 6.45) is 1.09. The van der Waals surface area contributed by atoms with Crippen molar-refractivity contribution in [3.63, 3.8) is 0 Å². The number of halogens is 1. The summed E-state index contributed by atoms with van der Waals surface area (Å²) >= 11 is 5.69. The number of hydrogen-bond acceptors (Lipinski definition) is 1. The Balaban J connectivity index is 2.25. The molecule has 0 saturated heterocycles. The predicted octanol–water partition coefficient (Wildman–Crippen LogP) is 3.35. The Kier molecular flexibility index (Phi) is 5.74. The fourth-order valence-electron chi connectivity index (χ4n) is 1.57. The van der Waals surface area contributed by atoms with Crippen LogP contribution in [-0.4, -0.2) is 12.4 Å². The van der Waals surface area contributed by atoms with E-state index in [-0.39, 0.29) is 0 Å². The van der Waals surface area contributed by atoms with Gasteiger partial charge in [-0.25, -0.2) is 0 Å². The van der Waals surface area contributed by atoms with Crippen molar-refractivity contribution in [3.8, 4) is 0 Å². The van der Waals surface area contributed by atoms with Crippen molar-refractivity contribution in [2.75, 3.05) is 12.4 Å². The van der Waals surface area contributed by atoms with Gasteiger partial charge >= 0.3 is 0 Å². The third-order valence-electron chi connectivity index (χ3n) is 2.51. The van der Waals surface area contributed by atoms with Crippen molar-refractivity contribution in [1.82, 2.24) is 5.32 Å². The molecule has 0 bridgehead atoms. The summed E-state index contributed by atoms with van der Waals surface area (Å²) < 4.78 is 0. The summed E-state index contributed by atoms with van der Waals surface area (Å²) in [4.78, 5) is 0. The lowest BCUT2D eigenvalue weighted by Gasteiger charge is -2.11. The first-order chi connectivity index (χ1) is 7.22.